The van der Waals surface area contributed by atoms with Crippen LogP contribution >= 0.6 is 0 Å². The van der Waals surface area contributed by atoms with Crippen LogP contribution in [0.25, 0.3) is 0 Å². The fourth-order valence-corrected chi connectivity index (χ4v) is 3.61. The molecule has 1 amide bonds. The lowest BCUT2D eigenvalue weighted by Gasteiger charge is -2.16. The van der Waals surface area contributed by atoms with Crippen molar-refractivity contribution in [2.75, 3.05) is 18.8 Å². The normalized spacial score (nSPS) is 18.2. The minimum absolute atomic E-state index is 0.0425. The molecule has 6 nitrogen and oxygen atoms in total. The Hall–Kier alpha value is -1.80. The molecule has 1 aromatic carbocycles. The topological polar surface area (TPSA) is 97.5 Å². The molecule has 0 spiro atoms. The molecule has 8 heteroatoms. The molecule has 1 aromatic rings. The van der Waals surface area contributed by atoms with Gasteiger partial charge in [0, 0.05) is 31.5 Å². The van der Waals surface area contributed by atoms with E-state index in [2.05, 4.69) is 0 Å². The van der Waals surface area contributed by atoms with Gasteiger partial charge < -0.3 is 4.90 Å². The number of nitrogens with two attached hydrogens (primary N) is 1. The number of hydrogen-bond donors (Lipinski definition) is 1. The molecule has 126 valence electrons. The predicted octanol–water partition coefficient (Wildman–Crippen LogP) is 0.926. The predicted molar refractivity (Wildman–Crippen MR) is 82.6 cm³/mol. The van der Waals surface area contributed by atoms with Gasteiger partial charge in [-0.15, -0.1) is 0 Å². The third kappa shape index (κ3) is 5.40. The van der Waals surface area contributed by atoms with Crippen LogP contribution in [-0.2, 0) is 14.8 Å². The molecule has 1 aliphatic rings. The molecule has 2 N–H and O–H groups in total. The maximum Gasteiger partial charge on any atom is 0.223 e. The zero-order valence-corrected chi connectivity index (χ0v) is 13.4. The van der Waals surface area contributed by atoms with E-state index in [0.717, 1.165) is 0 Å². The Kier molecular flexibility index (Phi) is 5.48. The van der Waals surface area contributed by atoms with Gasteiger partial charge in [-0.2, -0.15) is 0 Å². The number of Topliss-reactive ketones (excluding diaryl/α,β-unsaturated/α-hetero) is 1. The van der Waals surface area contributed by atoms with Crippen LogP contribution in [-0.4, -0.2) is 43.9 Å². The van der Waals surface area contributed by atoms with E-state index in [1.807, 2.05) is 0 Å². The molecule has 1 heterocycles. The Labute approximate surface area is 134 Å². The number of primary sulfonamides is 1. The van der Waals surface area contributed by atoms with E-state index in [1.54, 1.807) is 4.90 Å². The summed E-state index contributed by atoms with van der Waals surface area (Å²) in [6.45, 7) is 0.823. The van der Waals surface area contributed by atoms with Crippen molar-refractivity contribution in [3.63, 3.8) is 0 Å². The van der Waals surface area contributed by atoms with Crippen LogP contribution in [0, 0.1) is 11.7 Å². The zero-order chi connectivity index (χ0) is 17.0. The van der Waals surface area contributed by atoms with E-state index in [-0.39, 0.29) is 36.2 Å². The molecular formula is C15H19FN2O4S. The van der Waals surface area contributed by atoms with Crippen molar-refractivity contribution in [1.82, 2.24) is 4.90 Å². The summed E-state index contributed by atoms with van der Waals surface area (Å²) in [6, 6.07) is 5.18. The number of hydrogen-bond acceptors (Lipinski definition) is 4. The summed E-state index contributed by atoms with van der Waals surface area (Å²) >= 11 is 0. The van der Waals surface area contributed by atoms with Crippen LogP contribution in [0.1, 0.15) is 29.6 Å². The van der Waals surface area contributed by atoms with E-state index in [1.165, 1.54) is 24.3 Å². The van der Waals surface area contributed by atoms with Crippen LogP contribution in [0.5, 0.6) is 0 Å². The number of carbonyl (C=O) groups excluding carboxylic acids is 2. The van der Waals surface area contributed by atoms with Gasteiger partial charge in [-0.1, -0.05) is 0 Å². The minimum atomic E-state index is -3.54. The van der Waals surface area contributed by atoms with Gasteiger partial charge in [-0.25, -0.2) is 17.9 Å². The van der Waals surface area contributed by atoms with Gasteiger partial charge in [0.05, 0.1) is 5.75 Å². The second-order valence-electron chi connectivity index (χ2n) is 5.75. The lowest BCUT2D eigenvalue weighted by atomic mass is 10.1. The average Bonchev–Trinajstić information content (AvgIpc) is 2.91. The van der Waals surface area contributed by atoms with Crippen LogP contribution in [0.2, 0.25) is 0 Å². The standard InChI is InChI=1S/C15H19FN2O4S/c16-13-3-1-12(2-4-13)14(19)5-6-15(20)18-8-7-11(9-18)10-23(17,21)22/h1-4,11H,5-10H2,(H2,17,21,22)/t11-/m1/s1. The van der Waals surface area contributed by atoms with Gasteiger partial charge in [-0.3, -0.25) is 9.59 Å². The maximum absolute atomic E-state index is 12.8. The molecule has 1 aliphatic heterocycles. The first-order valence-corrected chi connectivity index (χ1v) is 9.03. The van der Waals surface area contributed by atoms with E-state index >= 15 is 0 Å². The number of amides is 1. The lowest BCUT2D eigenvalue weighted by Crippen LogP contribution is -2.31. The largest absolute Gasteiger partial charge is 0.342 e. The van der Waals surface area contributed by atoms with Gasteiger partial charge in [0.2, 0.25) is 15.9 Å². The zero-order valence-electron chi connectivity index (χ0n) is 12.6. The van der Waals surface area contributed by atoms with Crippen molar-refractivity contribution in [3.8, 4) is 0 Å². The van der Waals surface area contributed by atoms with Gasteiger partial charge in [0.15, 0.2) is 5.78 Å². The summed E-state index contributed by atoms with van der Waals surface area (Å²) in [5.41, 5.74) is 0.368. The van der Waals surface area contributed by atoms with E-state index < -0.39 is 15.8 Å². The Morgan fingerprint density at radius 1 is 1.22 bits per heavy atom. The van der Waals surface area contributed by atoms with E-state index in [4.69, 9.17) is 5.14 Å². The summed E-state index contributed by atoms with van der Waals surface area (Å²) in [4.78, 5) is 25.6. The minimum Gasteiger partial charge on any atom is -0.342 e. The summed E-state index contributed by atoms with van der Waals surface area (Å²) in [5.74, 6) is -1.11. The fourth-order valence-electron chi connectivity index (χ4n) is 2.68. The molecule has 0 saturated carbocycles. The van der Waals surface area contributed by atoms with Crippen LogP contribution in [0.4, 0.5) is 4.39 Å². The first-order valence-electron chi connectivity index (χ1n) is 7.31. The molecule has 0 bridgehead atoms. The van der Waals surface area contributed by atoms with Crippen molar-refractivity contribution >= 4 is 21.7 Å². The van der Waals surface area contributed by atoms with Gasteiger partial charge in [0.25, 0.3) is 0 Å². The molecule has 0 unspecified atom stereocenters. The number of likely N-dealkylation sites (tertiary alicyclic amines) is 1. The smallest absolute Gasteiger partial charge is 0.223 e. The van der Waals surface area contributed by atoms with Crippen molar-refractivity contribution in [1.29, 1.82) is 0 Å². The molecule has 0 aromatic heterocycles. The third-order valence-corrected chi connectivity index (χ3v) is 4.77. The SMILES string of the molecule is NS(=O)(=O)C[C@@H]1CCN(C(=O)CCC(=O)c2ccc(F)cc2)C1. The molecule has 1 saturated heterocycles. The molecule has 0 aliphatic carbocycles. The second-order valence-corrected chi connectivity index (χ2v) is 7.41. The summed E-state index contributed by atoms with van der Waals surface area (Å²) in [6.07, 6.45) is 0.688. The molecular weight excluding hydrogens is 323 g/mol. The van der Waals surface area contributed by atoms with Crippen LogP contribution in [0.3, 0.4) is 0 Å². The van der Waals surface area contributed by atoms with Crippen LogP contribution in [0.15, 0.2) is 24.3 Å². The van der Waals surface area contributed by atoms with E-state index in [9.17, 15) is 22.4 Å². The van der Waals surface area contributed by atoms with Crippen molar-refractivity contribution in [3.05, 3.63) is 35.6 Å². The highest BCUT2D eigenvalue weighted by molar-refractivity contribution is 7.89. The molecule has 23 heavy (non-hydrogen) atoms. The quantitative estimate of drug-likeness (QED) is 0.778. The molecule has 1 atom stereocenters. The summed E-state index contributed by atoms with van der Waals surface area (Å²) in [5, 5.41) is 5.01. The number of carbonyl (C=O) groups is 2. The monoisotopic (exact) mass is 342 g/mol. The first kappa shape index (κ1) is 17.6. The van der Waals surface area contributed by atoms with Gasteiger partial charge in [0.1, 0.15) is 5.82 Å². The number of ketones is 1. The second kappa shape index (κ2) is 7.18. The van der Waals surface area contributed by atoms with Crippen molar-refractivity contribution < 1.29 is 22.4 Å². The summed E-state index contributed by atoms with van der Waals surface area (Å²) in [7, 11) is -3.54. The third-order valence-electron chi connectivity index (χ3n) is 3.84. The van der Waals surface area contributed by atoms with Crippen LogP contribution < -0.4 is 5.14 Å². The van der Waals surface area contributed by atoms with E-state index in [0.29, 0.717) is 25.1 Å². The maximum atomic E-state index is 12.8. The molecule has 0 radical (unpaired) electrons. The number of nitrogens with zero attached hydrogens (tertiary/aromatic N) is 1. The Bertz CT molecular complexity index is 688. The van der Waals surface area contributed by atoms with Gasteiger partial charge >= 0.3 is 0 Å². The molecule has 1 fully saturated rings. The highest BCUT2D eigenvalue weighted by Crippen LogP contribution is 2.19. The Morgan fingerprint density at radius 3 is 2.48 bits per heavy atom. The highest BCUT2D eigenvalue weighted by atomic mass is 32.2. The highest BCUT2D eigenvalue weighted by Gasteiger charge is 2.28. The number of sulfonamides is 1. The fraction of sp³-hybridized carbons (Fsp3) is 0.467. The van der Waals surface area contributed by atoms with Crippen molar-refractivity contribution in [2.24, 2.45) is 11.1 Å². The first-order chi connectivity index (χ1) is 10.7. The number of halogens is 1. The van der Waals surface area contributed by atoms with Crippen molar-refractivity contribution in [2.45, 2.75) is 19.3 Å². The molecule has 2 rings (SSSR count). The van der Waals surface area contributed by atoms with Gasteiger partial charge in [-0.05, 0) is 36.6 Å². The number of benzene rings is 1. The average molecular weight is 342 g/mol. The number of rotatable bonds is 6. The Morgan fingerprint density at radius 2 is 1.87 bits per heavy atom. The lowest BCUT2D eigenvalue weighted by molar-refractivity contribution is -0.130. The Balaban J connectivity index is 1.81. The summed E-state index contributed by atoms with van der Waals surface area (Å²) < 4.78 is 34.9.